The van der Waals surface area contributed by atoms with E-state index in [4.69, 9.17) is 0 Å². The SMILES string of the molecule is Cc1cc(C(=O)N2CCC(c3ncc[nH]3)CC2)cc2n[nH]nc12. The van der Waals surface area contributed by atoms with Crippen LogP contribution < -0.4 is 0 Å². The van der Waals surface area contributed by atoms with Crippen molar-refractivity contribution in [2.24, 2.45) is 0 Å². The molecule has 1 amide bonds. The van der Waals surface area contributed by atoms with Crippen molar-refractivity contribution in [3.05, 3.63) is 41.5 Å². The van der Waals surface area contributed by atoms with Gasteiger partial charge in [0.1, 0.15) is 16.9 Å². The van der Waals surface area contributed by atoms with E-state index in [2.05, 4.69) is 25.4 Å². The molecule has 3 aromatic rings. The number of likely N-dealkylation sites (tertiary alicyclic amines) is 1. The van der Waals surface area contributed by atoms with Crippen LogP contribution in [0.1, 0.15) is 40.5 Å². The normalized spacial score (nSPS) is 16.1. The molecule has 1 aliphatic heterocycles. The molecule has 0 unspecified atom stereocenters. The van der Waals surface area contributed by atoms with Gasteiger partial charge >= 0.3 is 0 Å². The summed E-state index contributed by atoms with van der Waals surface area (Å²) in [5.41, 5.74) is 3.20. The fourth-order valence-corrected chi connectivity index (χ4v) is 3.28. The van der Waals surface area contributed by atoms with Crippen LogP contribution in [0.2, 0.25) is 0 Å². The van der Waals surface area contributed by atoms with Crippen LogP contribution in [-0.2, 0) is 0 Å². The number of piperidine rings is 1. The van der Waals surface area contributed by atoms with Crippen molar-refractivity contribution in [2.75, 3.05) is 13.1 Å². The molecular weight excluding hydrogens is 292 g/mol. The lowest BCUT2D eigenvalue weighted by atomic mass is 9.95. The van der Waals surface area contributed by atoms with Crippen LogP contribution in [-0.4, -0.2) is 49.3 Å². The number of nitrogens with zero attached hydrogens (tertiary/aromatic N) is 4. The van der Waals surface area contributed by atoms with Crippen LogP contribution in [0.15, 0.2) is 24.5 Å². The largest absolute Gasteiger partial charge is 0.348 e. The summed E-state index contributed by atoms with van der Waals surface area (Å²) in [5.74, 6) is 1.50. The fraction of sp³-hybridized carbons (Fsp3) is 0.375. The van der Waals surface area contributed by atoms with Gasteiger partial charge in [0.15, 0.2) is 0 Å². The van der Waals surface area contributed by atoms with Gasteiger partial charge in [0, 0.05) is 37.0 Å². The third kappa shape index (κ3) is 2.48. The Morgan fingerprint density at radius 3 is 2.83 bits per heavy atom. The van der Waals surface area contributed by atoms with Crippen LogP contribution >= 0.6 is 0 Å². The molecule has 0 bridgehead atoms. The van der Waals surface area contributed by atoms with Crippen LogP contribution in [0.4, 0.5) is 0 Å². The highest BCUT2D eigenvalue weighted by Crippen LogP contribution is 2.26. The number of hydrogen-bond acceptors (Lipinski definition) is 4. The maximum absolute atomic E-state index is 12.8. The predicted octanol–water partition coefficient (Wildman–Crippen LogP) is 2.01. The van der Waals surface area contributed by atoms with Gasteiger partial charge in [0.2, 0.25) is 0 Å². The third-order valence-corrected chi connectivity index (χ3v) is 4.55. The first-order valence-electron chi connectivity index (χ1n) is 7.82. The molecule has 0 radical (unpaired) electrons. The Bertz CT molecular complexity index is 830. The van der Waals surface area contributed by atoms with E-state index in [0.717, 1.165) is 48.4 Å². The van der Waals surface area contributed by atoms with Crippen LogP contribution in [0.3, 0.4) is 0 Å². The zero-order chi connectivity index (χ0) is 15.8. The lowest BCUT2D eigenvalue weighted by Gasteiger charge is -2.31. The molecule has 1 fully saturated rings. The highest BCUT2D eigenvalue weighted by molar-refractivity contribution is 5.98. The van der Waals surface area contributed by atoms with Crippen LogP contribution in [0.25, 0.3) is 11.0 Å². The van der Waals surface area contributed by atoms with Gasteiger partial charge in [0.05, 0.1) is 0 Å². The number of amides is 1. The summed E-state index contributed by atoms with van der Waals surface area (Å²) in [6.07, 6.45) is 5.50. The number of rotatable bonds is 2. The Morgan fingerprint density at radius 2 is 2.09 bits per heavy atom. The molecule has 7 nitrogen and oxygen atoms in total. The van der Waals surface area contributed by atoms with Gasteiger partial charge in [-0.05, 0) is 37.5 Å². The van der Waals surface area contributed by atoms with Crippen molar-refractivity contribution >= 4 is 16.9 Å². The number of benzene rings is 1. The molecule has 0 spiro atoms. The van der Waals surface area contributed by atoms with Crippen molar-refractivity contribution in [1.82, 2.24) is 30.3 Å². The highest BCUT2D eigenvalue weighted by Gasteiger charge is 2.26. The van der Waals surface area contributed by atoms with E-state index in [-0.39, 0.29) is 5.91 Å². The van der Waals surface area contributed by atoms with Crippen molar-refractivity contribution in [1.29, 1.82) is 0 Å². The molecule has 4 rings (SSSR count). The molecule has 0 saturated carbocycles. The van der Waals surface area contributed by atoms with Gasteiger partial charge in [0.25, 0.3) is 5.91 Å². The molecule has 3 heterocycles. The number of fused-ring (bicyclic) bond motifs is 1. The Labute approximate surface area is 133 Å². The predicted molar refractivity (Wildman–Crippen MR) is 85.1 cm³/mol. The molecule has 23 heavy (non-hydrogen) atoms. The van der Waals surface area contributed by atoms with Crippen molar-refractivity contribution in [2.45, 2.75) is 25.7 Å². The average molecular weight is 310 g/mol. The number of carbonyl (C=O) groups excluding carboxylic acids is 1. The van der Waals surface area contributed by atoms with E-state index in [1.807, 2.05) is 30.2 Å². The minimum atomic E-state index is 0.0656. The van der Waals surface area contributed by atoms with Gasteiger partial charge in [-0.25, -0.2) is 4.98 Å². The first-order chi connectivity index (χ1) is 11.2. The van der Waals surface area contributed by atoms with Crippen LogP contribution in [0.5, 0.6) is 0 Å². The van der Waals surface area contributed by atoms with Gasteiger partial charge in [-0.2, -0.15) is 15.4 Å². The number of carbonyl (C=O) groups is 1. The molecule has 0 atom stereocenters. The van der Waals surface area contributed by atoms with E-state index in [1.54, 1.807) is 6.20 Å². The quantitative estimate of drug-likeness (QED) is 0.757. The third-order valence-electron chi connectivity index (χ3n) is 4.55. The first-order valence-corrected chi connectivity index (χ1v) is 7.82. The second-order valence-corrected chi connectivity index (χ2v) is 6.03. The van der Waals surface area contributed by atoms with E-state index in [1.165, 1.54) is 0 Å². The Balaban J connectivity index is 1.51. The smallest absolute Gasteiger partial charge is 0.253 e. The summed E-state index contributed by atoms with van der Waals surface area (Å²) in [7, 11) is 0. The van der Waals surface area contributed by atoms with Gasteiger partial charge in [-0.1, -0.05) is 0 Å². The fourth-order valence-electron chi connectivity index (χ4n) is 3.28. The summed E-state index contributed by atoms with van der Waals surface area (Å²) in [6.45, 7) is 3.45. The summed E-state index contributed by atoms with van der Waals surface area (Å²) in [4.78, 5) is 22.2. The Kier molecular flexibility index (Phi) is 3.33. The summed E-state index contributed by atoms with van der Waals surface area (Å²) < 4.78 is 0. The summed E-state index contributed by atoms with van der Waals surface area (Å²) >= 11 is 0. The highest BCUT2D eigenvalue weighted by atomic mass is 16.2. The van der Waals surface area contributed by atoms with E-state index in [9.17, 15) is 4.79 Å². The number of aryl methyl sites for hydroxylation is 1. The molecule has 2 N–H and O–H groups in total. The summed E-state index contributed by atoms with van der Waals surface area (Å²) in [6, 6.07) is 3.71. The van der Waals surface area contributed by atoms with E-state index < -0.39 is 0 Å². The molecule has 2 aromatic heterocycles. The van der Waals surface area contributed by atoms with Crippen molar-refractivity contribution < 1.29 is 4.79 Å². The average Bonchev–Trinajstić information content (AvgIpc) is 3.26. The van der Waals surface area contributed by atoms with Crippen molar-refractivity contribution in [3.8, 4) is 0 Å². The van der Waals surface area contributed by atoms with Gasteiger partial charge in [-0.15, -0.1) is 0 Å². The Hall–Kier alpha value is -2.70. The zero-order valence-corrected chi connectivity index (χ0v) is 12.9. The van der Waals surface area contributed by atoms with E-state index in [0.29, 0.717) is 11.5 Å². The van der Waals surface area contributed by atoms with Crippen molar-refractivity contribution in [3.63, 3.8) is 0 Å². The lowest BCUT2D eigenvalue weighted by molar-refractivity contribution is 0.0711. The number of H-pyrrole nitrogens is 2. The van der Waals surface area contributed by atoms with Crippen LogP contribution in [0, 0.1) is 6.92 Å². The second kappa shape index (κ2) is 5.49. The molecule has 0 aliphatic carbocycles. The first kappa shape index (κ1) is 13.9. The molecular formula is C16H18N6O. The number of aromatic nitrogens is 5. The summed E-state index contributed by atoms with van der Waals surface area (Å²) in [5, 5.41) is 10.8. The van der Waals surface area contributed by atoms with Gasteiger partial charge in [-0.3, -0.25) is 4.79 Å². The van der Waals surface area contributed by atoms with E-state index >= 15 is 0 Å². The minimum absolute atomic E-state index is 0.0656. The number of hydrogen-bond donors (Lipinski definition) is 2. The second-order valence-electron chi connectivity index (χ2n) is 6.03. The number of aromatic amines is 2. The monoisotopic (exact) mass is 310 g/mol. The van der Waals surface area contributed by atoms with Gasteiger partial charge < -0.3 is 9.88 Å². The topological polar surface area (TPSA) is 90.6 Å². The number of imidazole rings is 1. The maximum Gasteiger partial charge on any atom is 0.253 e. The lowest BCUT2D eigenvalue weighted by Crippen LogP contribution is -2.38. The molecule has 7 heteroatoms. The standard InChI is InChI=1S/C16H18N6O/c1-10-8-12(9-13-14(10)20-21-19-13)16(23)22-6-2-11(3-7-22)15-17-4-5-18-15/h4-5,8-9,11H,2-3,6-7H2,1H3,(H,17,18)(H,19,20,21). The Morgan fingerprint density at radius 1 is 1.26 bits per heavy atom. The molecule has 1 aliphatic rings. The zero-order valence-electron chi connectivity index (χ0n) is 12.9. The number of nitrogens with one attached hydrogen (secondary N) is 2. The molecule has 1 saturated heterocycles. The molecule has 118 valence electrons. The minimum Gasteiger partial charge on any atom is -0.348 e. The maximum atomic E-state index is 12.8. The molecule has 1 aromatic carbocycles.